The molecule has 68 valence electrons. The van der Waals surface area contributed by atoms with Gasteiger partial charge in [-0.05, 0) is 20.8 Å². The van der Waals surface area contributed by atoms with E-state index in [1.807, 2.05) is 13.0 Å². The summed E-state index contributed by atoms with van der Waals surface area (Å²) in [4.78, 5) is 4.34. The highest BCUT2D eigenvalue weighted by molar-refractivity contribution is 6.08. The fourth-order valence-corrected chi connectivity index (χ4v) is 1.59. The van der Waals surface area contributed by atoms with Crippen molar-refractivity contribution in [2.45, 2.75) is 20.8 Å². The van der Waals surface area contributed by atoms with E-state index in [-0.39, 0.29) is 0 Å². The summed E-state index contributed by atoms with van der Waals surface area (Å²) in [5, 5.41) is 0. The van der Waals surface area contributed by atoms with Crippen molar-refractivity contribution >= 4 is 5.71 Å². The van der Waals surface area contributed by atoms with E-state index in [1.165, 1.54) is 11.1 Å². The van der Waals surface area contributed by atoms with E-state index in [0.717, 1.165) is 17.0 Å². The van der Waals surface area contributed by atoms with Gasteiger partial charge in [-0.2, -0.15) is 0 Å². The Morgan fingerprint density at radius 3 is 2.46 bits per heavy atom. The molecule has 0 saturated heterocycles. The Morgan fingerprint density at radius 2 is 2.00 bits per heavy atom. The van der Waals surface area contributed by atoms with Gasteiger partial charge in [0, 0.05) is 16.9 Å². The zero-order valence-corrected chi connectivity index (χ0v) is 8.52. The normalized spacial score (nSPS) is 19.3. The van der Waals surface area contributed by atoms with Crippen LogP contribution in [-0.4, -0.2) is 5.71 Å². The molecule has 0 N–H and O–H groups in total. The Labute approximate surface area is 79.9 Å². The molecule has 1 aliphatic heterocycles. The Hall–Kier alpha value is -1.37. The second-order valence-corrected chi connectivity index (χ2v) is 3.33. The van der Waals surface area contributed by atoms with Crippen LogP contribution < -0.4 is 0 Å². The smallest absolute Gasteiger partial charge is 0.0640 e. The van der Waals surface area contributed by atoms with Crippen molar-refractivity contribution in [3.8, 4) is 0 Å². The molecule has 1 heteroatoms. The van der Waals surface area contributed by atoms with E-state index < -0.39 is 0 Å². The Balaban J connectivity index is 3.29. The van der Waals surface area contributed by atoms with Gasteiger partial charge in [-0.15, -0.1) is 0 Å². The number of allylic oxidation sites excluding steroid dienone is 4. The van der Waals surface area contributed by atoms with Crippen LogP contribution in [0, 0.1) is 0 Å². The molecule has 0 atom stereocenters. The second-order valence-electron chi connectivity index (χ2n) is 3.33. The highest BCUT2D eigenvalue weighted by atomic mass is 14.8. The molecule has 0 spiro atoms. The van der Waals surface area contributed by atoms with Crippen LogP contribution in [0.1, 0.15) is 20.8 Å². The topological polar surface area (TPSA) is 12.4 Å². The summed E-state index contributed by atoms with van der Waals surface area (Å²) in [5.41, 5.74) is 5.48. The predicted molar refractivity (Wildman–Crippen MR) is 58.9 cm³/mol. The van der Waals surface area contributed by atoms with Gasteiger partial charge >= 0.3 is 0 Å². The van der Waals surface area contributed by atoms with Crippen LogP contribution in [0.3, 0.4) is 0 Å². The SMILES string of the molecule is C=C/C=C1/C(=C)N=C(C)C1=C(C)C. The molecule has 1 heterocycles. The molecule has 0 unspecified atom stereocenters. The minimum absolute atomic E-state index is 0.841. The van der Waals surface area contributed by atoms with Crippen molar-refractivity contribution in [3.63, 3.8) is 0 Å². The molecule has 0 amide bonds. The van der Waals surface area contributed by atoms with Crippen molar-refractivity contribution in [1.29, 1.82) is 0 Å². The standard InChI is InChI=1S/C12H15N/c1-6-7-11-9(4)13-10(5)12(11)8(2)3/h6-7H,1,4H2,2-3,5H3/b11-7-. The van der Waals surface area contributed by atoms with Gasteiger partial charge in [0.1, 0.15) is 0 Å². The molecule has 0 bridgehead atoms. The first-order valence-corrected chi connectivity index (χ1v) is 4.33. The van der Waals surface area contributed by atoms with Crippen molar-refractivity contribution in [2.24, 2.45) is 4.99 Å². The highest BCUT2D eigenvalue weighted by Gasteiger charge is 2.19. The molecular formula is C12H15N. The van der Waals surface area contributed by atoms with Crippen LogP contribution in [0.25, 0.3) is 0 Å². The molecule has 0 aliphatic carbocycles. The lowest BCUT2D eigenvalue weighted by atomic mass is 9.99. The maximum absolute atomic E-state index is 4.34. The van der Waals surface area contributed by atoms with Crippen molar-refractivity contribution in [3.05, 3.63) is 47.7 Å². The summed E-state index contributed by atoms with van der Waals surface area (Å²) in [7, 11) is 0. The monoisotopic (exact) mass is 173 g/mol. The first kappa shape index (κ1) is 9.72. The largest absolute Gasteiger partial charge is 0.253 e. The summed E-state index contributed by atoms with van der Waals surface area (Å²) in [6.45, 7) is 13.8. The van der Waals surface area contributed by atoms with Crippen LogP contribution in [-0.2, 0) is 0 Å². The van der Waals surface area contributed by atoms with Gasteiger partial charge in [-0.25, -0.2) is 0 Å². The van der Waals surface area contributed by atoms with Crippen LogP contribution in [0.15, 0.2) is 52.7 Å². The number of hydrogen-bond acceptors (Lipinski definition) is 1. The fraction of sp³-hybridized carbons (Fsp3) is 0.250. The number of nitrogens with zero attached hydrogens (tertiary/aromatic N) is 1. The van der Waals surface area contributed by atoms with E-state index in [4.69, 9.17) is 0 Å². The molecule has 1 aliphatic rings. The van der Waals surface area contributed by atoms with E-state index in [0.29, 0.717) is 0 Å². The quantitative estimate of drug-likeness (QED) is 0.576. The highest BCUT2D eigenvalue weighted by Crippen LogP contribution is 2.30. The van der Waals surface area contributed by atoms with E-state index >= 15 is 0 Å². The lowest BCUT2D eigenvalue weighted by Gasteiger charge is -2.03. The summed E-state index contributed by atoms with van der Waals surface area (Å²) < 4.78 is 0. The van der Waals surface area contributed by atoms with Gasteiger partial charge in [0.25, 0.3) is 0 Å². The van der Waals surface area contributed by atoms with E-state index in [1.54, 1.807) is 6.08 Å². The minimum Gasteiger partial charge on any atom is -0.253 e. The lowest BCUT2D eigenvalue weighted by Crippen LogP contribution is -1.95. The lowest BCUT2D eigenvalue weighted by molar-refractivity contribution is 1.33. The molecule has 1 rings (SSSR count). The number of rotatable bonds is 1. The van der Waals surface area contributed by atoms with Gasteiger partial charge in [0.2, 0.25) is 0 Å². The van der Waals surface area contributed by atoms with Crippen LogP contribution in [0.5, 0.6) is 0 Å². The molecule has 0 aromatic rings. The molecule has 0 saturated carbocycles. The third kappa shape index (κ3) is 1.69. The summed E-state index contributed by atoms with van der Waals surface area (Å²) >= 11 is 0. The first-order valence-electron chi connectivity index (χ1n) is 4.33. The average molecular weight is 173 g/mol. The molecule has 0 fully saturated rings. The average Bonchev–Trinajstić information content (AvgIpc) is 2.27. The predicted octanol–water partition coefficient (Wildman–Crippen LogP) is 3.42. The van der Waals surface area contributed by atoms with Crippen molar-refractivity contribution in [1.82, 2.24) is 0 Å². The zero-order valence-electron chi connectivity index (χ0n) is 8.52. The molecule has 0 aromatic heterocycles. The Kier molecular flexibility index (Phi) is 2.66. The van der Waals surface area contributed by atoms with E-state index in [2.05, 4.69) is 32.0 Å². The zero-order chi connectivity index (χ0) is 10.0. The second kappa shape index (κ2) is 3.56. The number of aliphatic imine (C=N–C) groups is 1. The van der Waals surface area contributed by atoms with Crippen LogP contribution >= 0.6 is 0 Å². The van der Waals surface area contributed by atoms with Gasteiger partial charge in [-0.3, -0.25) is 4.99 Å². The number of hydrogen-bond donors (Lipinski definition) is 0. The van der Waals surface area contributed by atoms with E-state index in [9.17, 15) is 0 Å². The Bertz CT molecular complexity index is 347. The molecule has 0 aromatic carbocycles. The van der Waals surface area contributed by atoms with Gasteiger partial charge < -0.3 is 0 Å². The summed E-state index contributed by atoms with van der Waals surface area (Å²) in [5.74, 6) is 0. The minimum atomic E-state index is 0.841. The third-order valence-electron chi connectivity index (χ3n) is 2.03. The summed E-state index contributed by atoms with van der Waals surface area (Å²) in [6.07, 6.45) is 3.74. The molecule has 0 radical (unpaired) electrons. The van der Waals surface area contributed by atoms with Gasteiger partial charge in [0.05, 0.1) is 5.70 Å². The molecule has 1 nitrogen and oxygen atoms in total. The van der Waals surface area contributed by atoms with Gasteiger partial charge in [0.15, 0.2) is 0 Å². The summed E-state index contributed by atoms with van der Waals surface area (Å²) in [6, 6.07) is 0. The Morgan fingerprint density at radius 1 is 1.38 bits per heavy atom. The molecule has 13 heavy (non-hydrogen) atoms. The van der Waals surface area contributed by atoms with Crippen molar-refractivity contribution in [2.75, 3.05) is 0 Å². The fourth-order valence-electron chi connectivity index (χ4n) is 1.59. The maximum Gasteiger partial charge on any atom is 0.0640 e. The first-order chi connectivity index (χ1) is 6.07. The van der Waals surface area contributed by atoms with Gasteiger partial charge in [-0.1, -0.05) is 30.9 Å². The maximum atomic E-state index is 4.34. The van der Waals surface area contributed by atoms with Crippen LogP contribution in [0.4, 0.5) is 0 Å². The third-order valence-corrected chi connectivity index (χ3v) is 2.03. The van der Waals surface area contributed by atoms with Crippen molar-refractivity contribution < 1.29 is 0 Å². The molecular weight excluding hydrogens is 158 g/mol. The van der Waals surface area contributed by atoms with Crippen LogP contribution in [0.2, 0.25) is 0 Å².